The summed E-state index contributed by atoms with van der Waals surface area (Å²) in [4.78, 5) is 11.7. The molecule has 0 fully saturated rings. The van der Waals surface area contributed by atoms with Crippen LogP contribution in [0.5, 0.6) is 5.75 Å². The third-order valence-corrected chi connectivity index (χ3v) is 2.61. The predicted octanol–water partition coefficient (Wildman–Crippen LogP) is 2.81. The molecule has 0 heterocycles. The number of phenols is 1. The summed E-state index contributed by atoms with van der Waals surface area (Å²) < 4.78 is 0. The van der Waals surface area contributed by atoms with Gasteiger partial charge in [-0.1, -0.05) is 23.7 Å². The Labute approximate surface area is 115 Å². The number of hydrazone groups is 1. The standard InChI is InChI=1S/C14H11ClN2O2/c15-12-6-4-11(5-7-12)14(19)17-16-9-10-2-1-3-13(18)8-10/h1-9,18H,(H,17,19)/b16-9-. The Morgan fingerprint density at radius 3 is 2.63 bits per heavy atom. The molecule has 0 aromatic heterocycles. The van der Waals surface area contributed by atoms with Crippen molar-refractivity contribution in [3.63, 3.8) is 0 Å². The summed E-state index contributed by atoms with van der Waals surface area (Å²) in [5.41, 5.74) is 3.55. The van der Waals surface area contributed by atoms with Gasteiger partial charge in [-0.25, -0.2) is 5.43 Å². The number of hydrogen-bond donors (Lipinski definition) is 2. The first-order chi connectivity index (χ1) is 9.15. The van der Waals surface area contributed by atoms with Gasteiger partial charge in [0.1, 0.15) is 5.75 Å². The van der Waals surface area contributed by atoms with Gasteiger partial charge in [0.05, 0.1) is 6.21 Å². The predicted molar refractivity (Wildman–Crippen MR) is 74.6 cm³/mol. The van der Waals surface area contributed by atoms with Gasteiger partial charge in [0, 0.05) is 10.6 Å². The van der Waals surface area contributed by atoms with Crippen LogP contribution in [0.3, 0.4) is 0 Å². The molecule has 1 amide bonds. The van der Waals surface area contributed by atoms with Gasteiger partial charge >= 0.3 is 0 Å². The number of hydrogen-bond acceptors (Lipinski definition) is 3. The highest BCUT2D eigenvalue weighted by Crippen LogP contribution is 2.10. The molecule has 2 aromatic rings. The summed E-state index contributed by atoms with van der Waals surface area (Å²) in [5, 5.41) is 13.6. The second-order valence-corrected chi connectivity index (χ2v) is 4.24. The Bertz CT molecular complexity index is 609. The molecule has 0 saturated carbocycles. The molecule has 2 aromatic carbocycles. The van der Waals surface area contributed by atoms with E-state index >= 15 is 0 Å². The van der Waals surface area contributed by atoms with Crippen molar-refractivity contribution in [1.82, 2.24) is 5.43 Å². The van der Waals surface area contributed by atoms with E-state index in [4.69, 9.17) is 11.6 Å². The maximum Gasteiger partial charge on any atom is 0.271 e. The lowest BCUT2D eigenvalue weighted by atomic mass is 10.2. The third-order valence-electron chi connectivity index (χ3n) is 2.36. The van der Waals surface area contributed by atoms with Crippen molar-refractivity contribution in [1.29, 1.82) is 0 Å². The Balaban J connectivity index is 1.98. The van der Waals surface area contributed by atoms with Crippen LogP contribution in [-0.2, 0) is 0 Å². The summed E-state index contributed by atoms with van der Waals surface area (Å²) in [6.07, 6.45) is 1.45. The molecule has 0 aliphatic carbocycles. The van der Waals surface area contributed by atoms with Crippen LogP contribution in [0, 0.1) is 0 Å². The Kier molecular flexibility index (Phi) is 4.15. The van der Waals surface area contributed by atoms with Crippen molar-refractivity contribution in [2.75, 3.05) is 0 Å². The summed E-state index contributed by atoms with van der Waals surface area (Å²) in [6, 6.07) is 13.0. The fourth-order valence-corrected chi connectivity index (χ4v) is 1.56. The molecule has 96 valence electrons. The molecule has 5 heteroatoms. The summed E-state index contributed by atoms with van der Waals surface area (Å²) in [7, 11) is 0. The zero-order chi connectivity index (χ0) is 13.7. The number of rotatable bonds is 3. The van der Waals surface area contributed by atoms with E-state index in [1.807, 2.05) is 0 Å². The lowest BCUT2D eigenvalue weighted by molar-refractivity contribution is 0.0955. The average Bonchev–Trinajstić information content (AvgIpc) is 2.39. The minimum Gasteiger partial charge on any atom is -0.508 e. The number of carbonyl (C=O) groups excluding carboxylic acids is 1. The van der Waals surface area contributed by atoms with Crippen LogP contribution in [-0.4, -0.2) is 17.2 Å². The van der Waals surface area contributed by atoms with E-state index in [-0.39, 0.29) is 11.7 Å². The highest BCUT2D eigenvalue weighted by molar-refractivity contribution is 6.30. The summed E-state index contributed by atoms with van der Waals surface area (Å²) in [5.74, 6) is -0.180. The number of aromatic hydroxyl groups is 1. The molecule has 0 atom stereocenters. The SMILES string of the molecule is O=C(N/N=C\c1cccc(O)c1)c1ccc(Cl)cc1. The van der Waals surface area contributed by atoms with Crippen LogP contribution < -0.4 is 5.43 Å². The molecule has 0 spiro atoms. The molecule has 19 heavy (non-hydrogen) atoms. The van der Waals surface area contributed by atoms with Crippen LogP contribution >= 0.6 is 11.6 Å². The van der Waals surface area contributed by atoms with Crippen LogP contribution in [0.2, 0.25) is 5.02 Å². The molecule has 0 radical (unpaired) electrons. The van der Waals surface area contributed by atoms with Crippen molar-refractivity contribution < 1.29 is 9.90 Å². The van der Waals surface area contributed by atoms with Crippen molar-refractivity contribution >= 4 is 23.7 Å². The third kappa shape index (κ3) is 3.82. The molecular weight excluding hydrogens is 264 g/mol. The lowest BCUT2D eigenvalue weighted by Crippen LogP contribution is -2.17. The quantitative estimate of drug-likeness (QED) is 0.668. The smallest absolute Gasteiger partial charge is 0.271 e. The molecule has 2 N–H and O–H groups in total. The molecule has 0 saturated heterocycles. The summed E-state index contributed by atoms with van der Waals surface area (Å²) >= 11 is 5.73. The van der Waals surface area contributed by atoms with Crippen LogP contribution in [0.25, 0.3) is 0 Å². The molecule has 4 nitrogen and oxygen atoms in total. The van der Waals surface area contributed by atoms with E-state index in [0.717, 1.165) is 0 Å². The van der Waals surface area contributed by atoms with E-state index < -0.39 is 0 Å². The number of halogens is 1. The topological polar surface area (TPSA) is 61.7 Å². The lowest BCUT2D eigenvalue weighted by Gasteiger charge is -1.99. The van der Waals surface area contributed by atoms with E-state index in [0.29, 0.717) is 16.1 Å². The van der Waals surface area contributed by atoms with Gasteiger partial charge in [-0.2, -0.15) is 5.10 Å². The van der Waals surface area contributed by atoms with Crippen molar-refractivity contribution in [3.05, 3.63) is 64.7 Å². The highest BCUT2D eigenvalue weighted by Gasteiger charge is 2.02. The maximum atomic E-state index is 11.7. The van der Waals surface area contributed by atoms with Gasteiger partial charge in [-0.3, -0.25) is 4.79 Å². The normalized spacial score (nSPS) is 10.6. The monoisotopic (exact) mass is 274 g/mol. The number of nitrogens with zero attached hydrogens (tertiary/aromatic N) is 1. The van der Waals surface area contributed by atoms with Crippen molar-refractivity contribution in [3.8, 4) is 5.75 Å². The molecule has 2 rings (SSSR count). The van der Waals surface area contributed by atoms with Gasteiger partial charge in [0.25, 0.3) is 5.91 Å². The highest BCUT2D eigenvalue weighted by atomic mass is 35.5. The van der Waals surface area contributed by atoms with E-state index in [2.05, 4.69) is 10.5 Å². The zero-order valence-electron chi connectivity index (χ0n) is 9.88. The fraction of sp³-hybridized carbons (Fsp3) is 0. The second kappa shape index (κ2) is 6.02. The van der Waals surface area contributed by atoms with Crippen LogP contribution in [0.4, 0.5) is 0 Å². The molecular formula is C14H11ClN2O2. The first-order valence-corrected chi connectivity index (χ1v) is 5.91. The molecule has 0 aliphatic rings. The van der Waals surface area contributed by atoms with E-state index in [1.54, 1.807) is 42.5 Å². The second-order valence-electron chi connectivity index (χ2n) is 3.80. The minimum atomic E-state index is -0.326. The molecule has 0 bridgehead atoms. The summed E-state index contributed by atoms with van der Waals surface area (Å²) in [6.45, 7) is 0. The minimum absolute atomic E-state index is 0.146. The number of benzene rings is 2. The Morgan fingerprint density at radius 1 is 1.21 bits per heavy atom. The number of carbonyl (C=O) groups is 1. The van der Waals surface area contributed by atoms with Crippen molar-refractivity contribution in [2.24, 2.45) is 5.10 Å². The fourth-order valence-electron chi connectivity index (χ4n) is 1.44. The Hall–Kier alpha value is -2.33. The van der Waals surface area contributed by atoms with Crippen LogP contribution in [0.1, 0.15) is 15.9 Å². The first kappa shape index (κ1) is 13.1. The van der Waals surface area contributed by atoms with Crippen LogP contribution in [0.15, 0.2) is 53.6 Å². The number of phenolic OH excluding ortho intramolecular Hbond substituents is 1. The zero-order valence-corrected chi connectivity index (χ0v) is 10.6. The average molecular weight is 275 g/mol. The van der Waals surface area contributed by atoms with E-state index in [9.17, 15) is 9.90 Å². The first-order valence-electron chi connectivity index (χ1n) is 5.53. The van der Waals surface area contributed by atoms with Gasteiger partial charge < -0.3 is 5.11 Å². The number of nitrogens with one attached hydrogen (secondary N) is 1. The number of amides is 1. The largest absolute Gasteiger partial charge is 0.508 e. The van der Waals surface area contributed by atoms with Gasteiger partial charge in [0.2, 0.25) is 0 Å². The molecule has 0 unspecified atom stereocenters. The van der Waals surface area contributed by atoms with Gasteiger partial charge in [-0.05, 0) is 42.0 Å². The van der Waals surface area contributed by atoms with Crippen molar-refractivity contribution in [2.45, 2.75) is 0 Å². The Morgan fingerprint density at radius 2 is 1.95 bits per heavy atom. The van der Waals surface area contributed by atoms with Gasteiger partial charge in [0.15, 0.2) is 0 Å². The van der Waals surface area contributed by atoms with Gasteiger partial charge in [-0.15, -0.1) is 0 Å². The molecule has 0 aliphatic heterocycles. The maximum absolute atomic E-state index is 11.7. The van der Waals surface area contributed by atoms with E-state index in [1.165, 1.54) is 12.3 Å².